The van der Waals surface area contributed by atoms with Gasteiger partial charge in [-0.2, -0.15) is 0 Å². The van der Waals surface area contributed by atoms with Crippen molar-refractivity contribution in [2.24, 2.45) is 5.92 Å². The largest absolute Gasteiger partial charge is 0.491 e. The summed E-state index contributed by atoms with van der Waals surface area (Å²) in [6, 6.07) is 21.4. The molecule has 0 bridgehead atoms. The normalized spacial score (nSPS) is 11.2. The fourth-order valence-electron chi connectivity index (χ4n) is 3.72. The predicted molar refractivity (Wildman–Crippen MR) is 167 cm³/mol. The van der Waals surface area contributed by atoms with E-state index in [0.717, 1.165) is 23.6 Å². The van der Waals surface area contributed by atoms with Crippen molar-refractivity contribution in [3.63, 3.8) is 0 Å². The van der Waals surface area contributed by atoms with Gasteiger partial charge in [-0.25, -0.2) is 9.59 Å². The summed E-state index contributed by atoms with van der Waals surface area (Å²) in [4.78, 5) is 35.2. The standard InChI is InChI=1S/C35H40O10/c1-4-26(3)34(37)44-23-21-40-19-18-39-20-22-41-31-14-10-29(11-15-31)35(38)45-32-16-8-28(9-17-32)27-6-12-30(13-7-27)42-24-25-43-33(36)5-2/h5-17,26H,2,4,18-25H2,1,3H3. The van der Waals surface area contributed by atoms with Crippen molar-refractivity contribution in [1.29, 1.82) is 0 Å². The van der Waals surface area contributed by atoms with E-state index in [1.54, 1.807) is 36.4 Å². The Labute approximate surface area is 263 Å². The summed E-state index contributed by atoms with van der Waals surface area (Å²) in [5, 5.41) is 0. The molecule has 1 atom stereocenters. The lowest BCUT2D eigenvalue weighted by Gasteiger charge is -2.10. The van der Waals surface area contributed by atoms with Gasteiger partial charge in [0.1, 0.15) is 43.7 Å². The molecule has 10 heteroatoms. The van der Waals surface area contributed by atoms with Crippen LogP contribution in [0.15, 0.2) is 85.5 Å². The first kappa shape index (κ1) is 34.8. The molecule has 0 N–H and O–H groups in total. The highest BCUT2D eigenvalue weighted by atomic mass is 16.6. The molecule has 0 aliphatic carbocycles. The molecule has 0 fully saturated rings. The van der Waals surface area contributed by atoms with Crippen molar-refractivity contribution in [3.05, 3.63) is 91.0 Å². The molecule has 240 valence electrons. The molecule has 3 aromatic rings. The molecule has 0 radical (unpaired) electrons. The number of esters is 3. The lowest BCUT2D eigenvalue weighted by Crippen LogP contribution is -2.18. The smallest absolute Gasteiger partial charge is 0.343 e. The molecule has 1 unspecified atom stereocenters. The van der Waals surface area contributed by atoms with Crippen LogP contribution < -0.4 is 14.2 Å². The first-order valence-electron chi connectivity index (χ1n) is 14.8. The van der Waals surface area contributed by atoms with Crippen LogP contribution in [0.4, 0.5) is 0 Å². The molecule has 3 rings (SSSR count). The van der Waals surface area contributed by atoms with Crippen LogP contribution in [0.5, 0.6) is 17.2 Å². The summed E-state index contributed by atoms with van der Waals surface area (Å²) in [6.45, 7) is 9.56. The first-order valence-corrected chi connectivity index (χ1v) is 14.8. The number of hydrogen-bond donors (Lipinski definition) is 0. The third-order valence-corrected chi connectivity index (χ3v) is 6.46. The first-order chi connectivity index (χ1) is 21.9. The Morgan fingerprint density at radius 3 is 1.67 bits per heavy atom. The molecule has 0 aliphatic rings. The Hall–Kier alpha value is -4.67. The number of benzene rings is 3. The van der Waals surface area contributed by atoms with Crippen LogP contribution in [-0.2, 0) is 28.5 Å². The van der Waals surface area contributed by atoms with Gasteiger partial charge in [0.05, 0.1) is 37.9 Å². The van der Waals surface area contributed by atoms with Crippen molar-refractivity contribution in [3.8, 4) is 28.4 Å². The topological polar surface area (TPSA) is 116 Å². The molecule has 0 heterocycles. The summed E-state index contributed by atoms with van der Waals surface area (Å²) in [6.07, 6.45) is 1.86. The number of rotatable bonds is 20. The monoisotopic (exact) mass is 620 g/mol. The third kappa shape index (κ3) is 12.8. The van der Waals surface area contributed by atoms with E-state index in [9.17, 15) is 14.4 Å². The summed E-state index contributed by atoms with van der Waals surface area (Å²) < 4.78 is 37.6. The summed E-state index contributed by atoms with van der Waals surface area (Å²) in [7, 11) is 0. The Balaban J connectivity index is 1.31. The van der Waals surface area contributed by atoms with Gasteiger partial charge in [-0.05, 0) is 66.1 Å². The summed E-state index contributed by atoms with van der Waals surface area (Å²) in [5.41, 5.74) is 2.30. The molecule has 3 aromatic carbocycles. The van der Waals surface area contributed by atoms with E-state index in [4.69, 9.17) is 33.2 Å². The highest BCUT2D eigenvalue weighted by Crippen LogP contribution is 2.25. The van der Waals surface area contributed by atoms with Gasteiger partial charge < -0.3 is 33.2 Å². The van der Waals surface area contributed by atoms with Crippen molar-refractivity contribution < 1.29 is 47.5 Å². The molecular weight excluding hydrogens is 580 g/mol. The second kappa shape index (κ2) is 19.6. The molecule has 45 heavy (non-hydrogen) atoms. The van der Waals surface area contributed by atoms with Crippen LogP contribution >= 0.6 is 0 Å². The van der Waals surface area contributed by atoms with Crippen molar-refractivity contribution in [2.45, 2.75) is 20.3 Å². The zero-order valence-electron chi connectivity index (χ0n) is 25.7. The van der Waals surface area contributed by atoms with Gasteiger partial charge in [-0.15, -0.1) is 0 Å². The second-order valence-electron chi connectivity index (χ2n) is 9.73. The van der Waals surface area contributed by atoms with E-state index < -0.39 is 11.9 Å². The molecule has 0 amide bonds. The fourth-order valence-corrected chi connectivity index (χ4v) is 3.72. The van der Waals surface area contributed by atoms with Crippen LogP contribution in [0.3, 0.4) is 0 Å². The average Bonchev–Trinajstić information content (AvgIpc) is 3.07. The zero-order valence-corrected chi connectivity index (χ0v) is 25.7. The van der Waals surface area contributed by atoms with Crippen LogP contribution in [-0.4, -0.2) is 70.8 Å². The van der Waals surface area contributed by atoms with E-state index in [1.165, 1.54) is 0 Å². The molecule has 0 spiro atoms. The van der Waals surface area contributed by atoms with Crippen LogP contribution in [0.25, 0.3) is 11.1 Å². The van der Waals surface area contributed by atoms with Gasteiger partial charge in [0, 0.05) is 6.08 Å². The maximum atomic E-state index is 12.6. The van der Waals surface area contributed by atoms with Crippen molar-refractivity contribution >= 4 is 17.9 Å². The minimum Gasteiger partial charge on any atom is -0.491 e. The Morgan fingerprint density at radius 2 is 1.11 bits per heavy atom. The van der Waals surface area contributed by atoms with E-state index in [-0.39, 0.29) is 31.7 Å². The molecular formula is C35H40O10. The third-order valence-electron chi connectivity index (χ3n) is 6.46. The number of hydrogen-bond acceptors (Lipinski definition) is 10. The number of ether oxygens (including phenoxy) is 7. The highest BCUT2D eigenvalue weighted by Gasteiger charge is 2.11. The molecule has 0 saturated heterocycles. The van der Waals surface area contributed by atoms with Gasteiger partial charge in [0.15, 0.2) is 0 Å². The zero-order chi connectivity index (χ0) is 32.3. The molecule has 0 aliphatic heterocycles. The molecule has 10 nitrogen and oxygen atoms in total. The second-order valence-corrected chi connectivity index (χ2v) is 9.73. The van der Waals surface area contributed by atoms with Gasteiger partial charge in [0.25, 0.3) is 0 Å². The lowest BCUT2D eigenvalue weighted by atomic mass is 10.1. The summed E-state index contributed by atoms with van der Waals surface area (Å²) >= 11 is 0. The van der Waals surface area contributed by atoms with E-state index >= 15 is 0 Å². The quantitative estimate of drug-likeness (QED) is 0.0676. The van der Waals surface area contributed by atoms with Gasteiger partial charge in [-0.1, -0.05) is 44.7 Å². The summed E-state index contributed by atoms with van der Waals surface area (Å²) in [5.74, 6) is 0.406. The SMILES string of the molecule is C=CC(=O)OCCOc1ccc(-c2ccc(OC(=O)c3ccc(OCCOCCOCCOC(=O)C(C)CC)cc3)cc2)cc1. The Bertz CT molecular complexity index is 1330. The Kier molecular flexibility index (Phi) is 15.1. The van der Waals surface area contributed by atoms with Crippen LogP contribution in [0.1, 0.15) is 30.6 Å². The fraction of sp³-hybridized carbons (Fsp3) is 0.343. The van der Waals surface area contributed by atoms with Gasteiger partial charge >= 0.3 is 17.9 Å². The Morgan fingerprint density at radius 1 is 0.644 bits per heavy atom. The van der Waals surface area contributed by atoms with Gasteiger partial charge in [0.2, 0.25) is 0 Å². The highest BCUT2D eigenvalue weighted by molar-refractivity contribution is 5.91. The number of carbonyl (C=O) groups excluding carboxylic acids is 3. The van der Waals surface area contributed by atoms with Crippen molar-refractivity contribution in [1.82, 2.24) is 0 Å². The predicted octanol–water partition coefficient (Wildman–Crippen LogP) is 5.68. The minimum atomic E-state index is -0.486. The maximum absolute atomic E-state index is 12.6. The average molecular weight is 621 g/mol. The van der Waals surface area contributed by atoms with E-state index in [1.807, 2.05) is 50.2 Å². The van der Waals surface area contributed by atoms with Crippen molar-refractivity contribution in [2.75, 3.05) is 52.9 Å². The maximum Gasteiger partial charge on any atom is 0.343 e. The lowest BCUT2D eigenvalue weighted by molar-refractivity contribution is -0.149. The van der Waals surface area contributed by atoms with Crippen LogP contribution in [0.2, 0.25) is 0 Å². The van der Waals surface area contributed by atoms with E-state index in [0.29, 0.717) is 55.8 Å². The molecule has 0 saturated carbocycles. The molecule has 0 aromatic heterocycles. The minimum absolute atomic E-state index is 0.0996. The number of carbonyl (C=O) groups is 3. The van der Waals surface area contributed by atoms with Gasteiger partial charge in [-0.3, -0.25) is 4.79 Å². The van der Waals surface area contributed by atoms with Crippen LogP contribution in [0, 0.1) is 5.92 Å². The van der Waals surface area contributed by atoms with E-state index in [2.05, 4.69) is 6.58 Å².